The first-order chi connectivity index (χ1) is 6.84. The molecule has 0 aliphatic carbocycles. The summed E-state index contributed by atoms with van der Waals surface area (Å²) in [6.45, 7) is 8.82. The zero-order chi connectivity index (χ0) is 11.6. The maximum Gasteiger partial charge on any atom is 0.0497 e. The Hall–Kier alpha value is -0.340. The van der Waals surface area contributed by atoms with Gasteiger partial charge in [0.2, 0.25) is 0 Å². The Bertz CT molecular complexity index is 339. The second-order valence-electron chi connectivity index (χ2n) is 5.11. The molecule has 1 nitrogen and oxygen atoms in total. The summed E-state index contributed by atoms with van der Waals surface area (Å²) >= 11 is 3.52. The minimum atomic E-state index is 0.147. The summed E-state index contributed by atoms with van der Waals surface area (Å²) in [5.74, 6) is 0.198. The minimum absolute atomic E-state index is 0.147. The molecule has 1 aromatic carbocycles. The van der Waals surface area contributed by atoms with Crippen molar-refractivity contribution in [2.24, 2.45) is 0 Å². The van der Waals surface area contributed by atoms with Crippen LogP contribution in [0, 0.1) is 0 Å². The van der Waals surface area contributed by atoms with Gasteiger partial charge in [-0.25, -0.2) is 0 Å². The van der Waals surface area contributed by atoms with Crippen LogP contribution >= 0.6 is 15.9 Å². The fraction of sp³-hybridized carbons (Fsp3) is 0.538. The van der Waals surface area contributed by atoms with Gasteiger partial charge in [-0.05, 0) is 28.7 Å². The molecule has 0 saturated heterocycles. The van der Waals surface area contributed by atoms with Gasteiger partial charge in [0.15, 0.2) is 0 Å². The fourth-order valence-electron chi connectivity index (χ4n) is 1.44. The molecule has 15 heavy (non-hydrogen) atoms. The molecule has 0 aromatic heterocycles. The maximum atomic E-state index is 9.16. The zero-order valence-electron chi connectivity index (χ0n) is 9.84. The van der Waals surface area contributed by atoms with Crippen molar-refractivity contribution in [3.63, 3.8) is 0 Å². The Kier molecular flexibility index (Phi) is 3.96. The van der Waals surface area contributed by atoms with Crippen molar-refractivity contribution in [3.05, 3.63) is 33.8 Å². The summed E-state index contributed by atoms with van der Waals surface area (Å²) in [5, 5.41) is 9.16. The van der Waals surface area contributed by atoms with Crippen molar-refractivity contribution < 1.29 is 5.11 Å². The van der Waals surface area contributed by atoms with E-state index in [0.29, 0.717) is 0 Å². The van der Waals surface area contributed by atoms with Crippen LogP contribution in [0.4, 0.5) is 0 Å². The molecule has 1 atom stereocenters. The lowest BCUT2D eigenvalue weighted by molar-refractivity contribution is 0.273. The van der Waals surface area contributed by atoms with Crippen LogP contribution in [0.15, 0.2) is 22.7 Å². The van der Waals surface area contributed by atoms with Gasteiger partial charge in [0.1, 0.15) is 0 Å². The van der Waals surface area contributed by atoms with Gasteiger partial charge in [-0.1, -0.05) is 49.7 Å². The summed E-state index contributed by atoms with van der Waals surface area (Å²) in [7, 11) is 0. The lowest BCUT2D eigenvalue weighted by Gasteiger charge is -2.21. The van der Waals surface area contributed by atoms with Crippen LogP contribution in [0.1, 0.15) is 44.7 Å². The monoisotopic (exact) mass is 270 g/mol. The van der Waals surface area contributed by atoms with Crippen molar-refractivity contribution in [3.8, 4) is 0 Å². The van der Waals surface area contributed by atoms with E-state index in [-0.39, 0.29) is 17.9 Å². The fourth-order valence-corrected chi connectivity index (χ4v) is 1.95. The Morgan fingerprint density at radius 3 is 2.33 bits per heavy atom. The molecule has 0 bridgehead atoms. The van der Waals surface area contributed by atoms with Crippen LogP contribution in [0.3, 0.4) is 0 Å². The van der Waals surface area contributed by atoms with Crippen LogP contribution in [0.25, 0.3) is 0 Å². The average molecular weight is 271 g/mol. The molecular weight excluding hydrogens is 252 g/mol. The summed E-state index contributed by atoms with van der Waals surface area (Å²) in [6.07, 6.45) is 0. The molecule has 84 valence electrons. The molecule has 0 fully saturated rings. The third kappa shape index (κ3) is 3.32. The zero-order valence-corrected chi connectivity index (χ0v) is 11.4. The Morgan fingerprint density at radius 1 is 1.27 bits per heavy atom. The number of benzene rings is 1. The summed E-state index contributed by atoms with van der Waals surface area (Å²) < 4.78 is 1.09. The second kappa shape index (κ2) is 4.67. The predicted octanol–water partition coefficient (Wildman–Crippen LogP) is 3.84. The summed E-state index contributed by atoms with van der Waals surface area (Å²) in [6, 6.07) is 6.41. The van der Waals surface area contributed by atoms with E-state index in [1.807, 2.05) is 6.92 Å². The molecule has 0 aliphatic heterocycles. The molecule has 0 radical (unpaired) electrons. The normalized spacial score (nSPS) is 14.0. The molecule has 1 aromatic rings. The van der Waals surface area contributed by atoms with Gasteiger partial charge in [0.05, 0.1) is 0 Å². The molecule has 1 rings (SSSR count). The molecule has 0 heterocycles. The van der Waals surface area contributed by atoms with E-state index >= 15 is 0 Å². The number of hydrogen-bond acceptors (Lipinski definition) is 1. The Labute approximate surface area is 101 Å². The Morgan fingerprint density at radius 2 is 1.87 bits per heavy atom. The van der Waals surface area contributed by atoms with Gasteiger partial charge in [-0.2, -0.15) is 0 Å². The number of aliphatic hydroxyl groups is 1. The predicted molar refractivity (Wildman–Crippen MR) is 68.3 cm³/mol. The van der Waals surface area contributed by atoms with Crippen molar-refractivity contribution in [2.45, 2.75) is 39.0 Å². The van der Waals surface area contributed by atoms with E-state index in [1.165, 1.54) is 11.1 Å². The van der Waals surface area contributed by atoms with Crippen LogP contribution in [0.5, 0.6) is 0 Å². The maximum absolute atomic E-state index is 9.16. The van der Waals surface area contributed by atoms with Crippen LogP contribution in [-0.4, -0.2) is 11.7 Å². The van der Waals surface area contributed by atoms with E-state index in [4.69, 9.17) is 5.11 Å². The van der Waals surface area contributed by atoms with Crippen molar-refractivity contribution in [1.82, 2.24) is 0 Å². The van der Waals surface area contributed by atoms with E-state index in [9.17, 15) is 0 Å². The van der Waals surface area contributed by atoms with E-state index in [0.717, 1.165) is 4.47 Å². The van der Waals surface area contributed by atoms with Gasteiger partial charge in [0, 0.05) is 17.0 Å². The summed E-state index contributed by atoms with van der Waals surface area (Å²) in [5.41, 5.74) is 2.64. The van der Waals surface area contributed by atoms with Crippen molar-refractivity contribution in [1.29, 1.82) is 0 Å². The second-order valence-corrected chi connectivity index (χ2v) is 6.02. The van der Waals surface area contributed by atoms with E-state index in [2.05, 4.69) is 54.9 Å². The van der Waals surface area contributed by atoms with Crippen LogP contribution < -0.4 is 0 Å². The molecule has 1 unspecified atom stereocenters. The molecule has 0 aliphatic rings. The molecule has 2 heteroatoms. The first-order valence-corrected chi connectivity index (χ1v) is 6.05. The molecular formula is C13H19BrO. The van der Waals surface area contributed by atoms with Gasteiger partial charge in [0.25, 0.3) is 0 Å². The highest BCUT2D eigenvalue weighted by Crippen LogP contribution is 2.29. The molecule has 1 N–H and O–H groups in total. The lowest BCUT2D eigenvalue weighted by Crippen LogP contribution is -2.12. The quantitative estimate of drug-likeness (QED) is 0.866. The number of rotatable bonds is 2. The number of aliphatic hydroxyl groups excluding tert-OH is 1. The molecule has 0 spiro atoms. The van der Waals surface area contributed by atoms with Gasteiger partial charge in [-0.3, -0.25) is 0 Å². The molecule has 0 saturated carbocycles. The van der Waals surface area contributed by atoms with Crippen LogP contribution in [-0.2, 0) is 5.41 Å². The number of hydrogen-bond donors (Lipinski definition) is 1. The SMILES string of the molecule is CC(CO)c1cc(Br)cc(C(C)(C)C)c1. The van der Waals surface area contributed by atoms with Crippen molar-refractivity contribution in [2.75, 3.05) is 6.61 Å². The Balaban J connectivity index is 3.17. The van der Waals surface area contributed by atoms with Gasteiger partial charge < -0.3 is 5.11 Å². The standard InChI is InChI=1S/C13H19BrO/c1-9(8-15)10-5-11(13(2,3)4)7-12(14)6-10/h5-7,9,15H,8H2,1-4H3. The lowest BCUT2D eigenvalue weighted by atomic mass is 9.85. The minimum Gasteiger partial charge on any atom is -0.396 e. The largest absolute Gasteiger partial charge is 0.396 e. The highest BCUT2D eigenvalue weighted by molar-refractivity contribution is 9.10. The first-order valence-electron chi connectivity index (χ1n) is 5.26. The van der Waals surface area contributed by atoms with Gasteiger partial charge >= 0.3 is 0 Å². The third-order valence-electron chi connectivity index (χ3n) is 2.63. The number of halogens is 1. The molecule has 0 amide bonds. The highest BCUT2D eigenvalue weighted by atomic mass is 79.9. The van der Waals surface area contributed by atoms with Crippen molar-refractivity contribution >= 4 is 15.9 Å². The first kappa shape index (κ1) is 12.7. The van der Waals surface area contributed by atoms with E-state index < -0.39 is 0 Å². The summed E-state index contributed by atoms with van der Waals surface area (Å²) in [4.78, 5) is 0. The van der Waals surface area contributed by atoms with Gasteiger partial charge in [-0.15, -0.1) is 0 Å². The topological polar surface area (TPSA) is 20.2 Å². The smallest absolute Gasteiger partial charge is 0.0497 e. The van der Waals surface area contributed by atoms with Crippen LogP contribution in [0.2, 0.25) is 0 Å². The van der Waals surface area contributed by atoms with E-state index in [1.54, 1.807) is 0 Å². The average Bonchev–Trinajstić information content (AvgIpc) is 2.14. The highest BCUT2D eigenvalue weighted by Gasteiger charge is 2.16. The third-order valence-corrected chi connectivity index (χ3v) is 3.09.